The Hall–Kier alpha value is -1.19. The molecule has 3 nitrogen and oxygen atoms in total. The van der Waals surface area contributed by atoms with Crippen molar-refractivity contribution in [1.82, 2.24) is 0 Å². The average molecular weight is 411 g/mol. The second kappa shape index (κ2) is 4.62. The molecule has 0 aromatic carbocycles. The van der Waals surface area contributed by atoms with Crippen molar-refractivity contribution in [1.29, 1.82) is 0 Å². The van der Waals surface area contributed by atoms with E-state index in [1.54, 1.807) is 0 Å². The first-order chi connectivity index (χ1) is 14.3. The summed E-state index contributed by atoms with van der Waals surface area (Å²) in [6.45, 7) is 4.62. The molecular formula is C26H31FO3. The van der Waals surface area contributed by atoms with E-state index in [-0.39, 0.29) is 34.1 Å². The molecule has 0 amide bonds. The number of fused-ring (bicyclic) bond motifs is 12. The number of hydrogen-bond acceptors (Lipinski definition) is 3. The quantitative estimate of drug-likeness (QED) is 0.546. The maximum atomic E-state index is 16.4. The zero-order chi connectivity index (χ0) is 20.4. The lowest BCUT2D eigenvalue weighted by Crippen LogP contribution is -2.62. The van der Waals surface area contributed by atoms with Gasteiger partial charge in [-0.05, 0) is 85.5 Å². The summed E-state index contributed by atoms with van der Waals surface area (Å²) in [4.78, 5) is 24.9. The van der Waals surface area contributed by atoms with Crippen molar-refractivity contribution in [2.24, 2.45) is 57.7 Å². The predicted octanol–water partition coefficient (Wildman–Crippen LogP) is 4.64. The number of hydrogen-bond donors (Lipinski definition) is 0. The summed E-state index contributed by atoms with van der Waals surface area (Å²) in [5.41, 5.74) is 0.773. The van der Waals surface area contributed by atoms with E-state index >= 15 is 4.39 Å². The summed E-state index contributed by atoms with van der Waals surface area (Å²) >= 11 is 0. The van der Waals surface area contributed by atoms with Gasteiger partial charge in [0.1, 0.15) is 11.8 Å². The van der Waals surface area contributed by atoms with Gasteiger partial charge in [-0.1, -0.05) is 19.4 Å². The van der Waals surface area contributed by atoms with Crippen LogP contribution in [0, 0.1) is 57.7 Å². The fraction of sp³-hybridized carbons (Fsp3) is 0.846. The molecule has 1 saturated heterocycles. The van der Waals surface area contributed by atoms with Crippen LogP contribution in [0.1, 0.15) is 65.2 Å². The second-order valence-corrected chi connectivity index (χ2v) is 12.9. The predicted molar refractivity (Wildman–Crippen MR) is 107 cm³/mol. The van der Waals surface area contributed by atoms with Crippen LogP contribution in [0.3, 0.4) is 0 Å². The van der Waals surface area contributed by atoms with Crippen LogP contribution in [-0.4, -0.2) is 23.5 Å². The molecule has 4 heteroatoms. The zero-order valence-electron chi connectivity index (χ0n) is 18.0. The van der Waals surface area contributed by atoms with Gasteiger partial charge in [-0.3, -0.25) is 9.59 Å². The van der Waals surface area contributed by atoms with E-state index in [9.17, 15) is 9.59 Å². The van der Waals surface area contributed by atoms with Gasteiger partial charge in [0.15, 0.2) is 5.78 Å². The largest absolute Gasteiger partial charge is 0.458 e. The molecule has 7 aliphatic carbocycles. The first-order valence-electron chi connectivity index (χ1n) is 12.4. The summed E-state index contributed by atoms with van der Waals surface area (Å²) in [5.74, 6) is 2.78. The van der Waals surface area contributed by atoms with Gasteiger partial charge in [-0.25, -0.2) is 4.39 Å². The van der Waals surface area contributed by atoms with Crippen LogP contribution in [0.4, 0.5) is 4.39 Å². The molecular weight excluding hydrogens is 379 g/mol. The lowest BCUT2D eigenvalue weighted by Gasteiger charge is -2.63. The van der Waals surface area contributed by atoms with E-state index in [1.807, 2.05) is 6.08 Å². The molecule has 11 atom stereocenters. The SMILES string of the molecule is C[C@@]12C(=CC(=O)C3C[C@@H]31)C1(CC1)CC1C2[C@@H](F)C[C@@]2(C)C1[C@@H]1CC1[C@@]21CCC(=O)O1. The minimum atomic E-state index is -0.858. The van der Waals surface area contributed by atoms with Crippen molar-refractivity contribution in [3.8, 4) is 0 Å². The molecule has 7 fully saturated rings. The van der Waals surface area contributed by atoms with Crippen molar-refractivity contribution < 1.29 is 18.7 Å². The highest BCUT2D eigenvalue weighted by Crippen LogP contribution is 2.83. The Balaban J connectivity index is 1.29. The molecule has 0 N–H and O–H groups in total. The molecule has 0 radical (unpaired) electrons. The lowest BCUT2D eigenvalue weighted by atomic mass is 9.42. The van der Waals surface area contributed by atoms with Gasteiger partial charge in [0, 0.05) is 29.6 Å². The maximum absolute atomic E-state index is 16.4. The molecule has 0 bridgehead atoms. The van der Waals surface area contributed by atoms with Gasteiger partial charge in [0.25, 0.3) is 0 Å². The van der Waals surface area contributed by atoms with Gasteiger partial charge < -0.3 is 4.74 Å². The smallest absolute Gasteiger partial charge is 0.306 e. The molecule has 6 saturated carbocycles. The molecule has 8 rings (SSSR count). The van der Waals surface area contributed by atoms with E-state index in [0.717, 1.165) is 19.3 Å². The fourth-order valence-electron chi connectivity index (χ4n) is 10.9. The third-order valence-corrected chi connectivity index (χ3v) is 12.1. The third-order valence-electron chi connectivity index (χ3n) is 12.1. The summed E-state index contributed by atoms with van der Waals surface area (Å²) in [6, 6.07) is 0. The number of rotatable bonds is 0. The van der Waals surface area contributed by atoms with Crippen LogP contribution in [0.2, 0.25) is 0 Å². The van der Waals surface area contributed by atoms with Crippen molar-refractivity contribution >= 4 is 11.8 Å². The Morgan fingerprint density at radius 3 is 2.50 bits per heavy atom. The van der Waals surface area contributed by atoms with Crippen molar-refractivity contribution in [3.63, 3.8) is 0 Å². The number of carbonyl (C=O) groups excluding carboxylic acids is 2. The highest BCUT2D eigenvalue weighted by Gasteiger charge is 2.82. The summed E-state index contributed by atoms with van der Waals surface area (Å²) in [5, 5.41) is 0. The highest BCUT2D eigenvalue weighted by molar-refractivity contribution is 5.96. The number of ether oxygens (including phenoxy) is 1. The minimum Gasteiger partial charge on any atom is -0.458 e. The van der Waals surface area contributed by atoms with Crippen LogP contribution < -0.4 is 0 Å². The number of ketones is 1. The monoisotopic (exact) mass is 410 g/mol. The maximum Gasteiger partial charge on any atom is 0.306 e. The van der Waals surface area contributed by atoms with Crippen LogP contribution in [0.25, 0.3) is 0 Å². The zero-order valence-corrected chi connectivity index (χ0v) is 18.0. The van der Waals surface area contributed by atoms with E-state index < -0.39 is 11.8 Å². The molecule has 8 aliphatic rings. The first kappa shape index (κ1) is 17.4. The fourth-order valence-corrected chi connectivity index (χ4v) is 10.9. The van der Waals surface area contributed by atoms with Crippen molar-refractivity contribution in [3.05, 3.63) is 11.6 Å². The second-order valence-electron chi connectivity index (χ2n) is 12.9. The molecule has 1 aliphatic heterocycles. The normalized spacial score (nSPS) is 62.7. The van der Waals surface area contributed by atoms with Gasteiger partial charge in [-0.15, -0.1) is 0 Å². The van der Waals surface area contributed by atoms with E-state index in [0.29, 0.717) is 48.2 Å². The lowest BCUT2D eigenvalue weighted by molar-refractivity contribution is -0.191. The Bertz CT molecular complexity index is 965. The van der Waals surface area contributed by atoms with Gasteiger partial charge >= 0.3 is 5.97 Å². The van der Waals surface area contributed by atoms with Crippen LogP contribution in [0.15, 0.2) is 11.6 Å². The molecule has 1 heterocycles. The third kappa shape index (κ3) is 1.60. The first-order valence-corrected chi connectivity index (χ1v) is 12.4. The Labute approximate surface area is 177 Å². The number of carbonyl (C=O) groups is 2. The van der Waals surface area contributed by atoms with E-state index in [1.165, 1.54) is 24.8 Å². The van der Waals surface area contributed by atoms with E-state index in [4.69, 9.17) is 4.74 Å². The molecule has 0 aromatic heterocycles. The molecule has 2 spiro atoms. The molecule has 0 aromatic rings. The molecule has 5 unspecified atom stereocenters. The topological polar surface area (TPSA) is 43.4 Å². The standard InChI is InChI=1S/C26H31FO3/c1-23-11-17(27)22-14(21(23)13-8-16(13)26(23)4-3-20(29)30-26)10-25(5-6-25)19-9-18(28)12-7-15(12)24(19,22)2/h9,12-17,21-22H,3-8,10-11H2,1-2H3/t12?,13-,14?,15+,16?,17+,21?,22?,23+,24+,26+/m1/s1. The van der Waals surface area contributed by atoms with Gasteiger partial charge in [0.05, 0.1) is 0 Å². The molecule has 30 heavy (non-hydrogen) atoms. The van der Waals surface area contributed by atoms with Crippen LogP contribution >= 0.6 is 0 Å². The van der Waals surface area contributed by atoms with Gasteiger partial charge in [0.2, 0.25) is 0 Å². The molecule has 160 valence electrons. The highest BCUT2D eigenvalue weighted by atomic mass is 19.1. The summed E-state index contributed by atoms with van der Waals surface area (Å²) in [7, 11) is 0. The van der Waals surface area contributed by atoms with Crippen LogP contribution in [-0.2, 0) is 14.3 Å². The van der Waals surface area contributed by atoms with Crippen LogP contribution in [0.5, 0.6) is 0 Å². The Kier molecular flexibility index (Phi) is 2.67. The minimum absolute atomic E-state index is 0.0460. The summed E-state index contributed by atoms with van der Waals surface area (Å²) in [6.07, 6.45) is 8.55. The van der Waals surface area contributed by atoms with Gasteiger partial charge in [-0.2, -0.15) is 0 Å². The Morgan fingerprint density at radius 2 is 1.80 bits per heavy atom. The Morgan fingerprint density at radius 1 is 1.00 bits per heavy atom. The number of allylic oxidation sites excluding steroid dienone is 1. The number of esters is 1. The summed E-state index contributed by atoms with van der Waals surface area (Å²) < 4.78 is 22.5. The number of alkyl halides is 1. The van der Waals surface area contributed by atoms with Crippen molar-refractivity contribution in [2.75, 3.05) is 0 Å². The number of halogens is 1. The van der Waals surface area contributed by atoms with E-state index in [2.05, 4.69) is 13.8 Å². The average Bonchev–Trinajstić information content (AvgIpc) is 3.56. The van der Waals surface area contributed by atoms with Crippen molar-refractivity contribution in [2.45, 2.75) is 77.0 Å².